The zero-order chi connectivity index (χ0) is 11.6. The highest BCUT2D eigenvalue weighted by Crippen LogP contribution is 2.27. The molecule has 0 unspecified atom stereocenters. The van der Waals surface area contributed by atoms with Crippen molar-refractivity contribution in [3.8, 4) is 11.8 Å². The van der Waals surface area contributed by atoms with Gasteiger partial charge in [-0.2, -0.15) is 5.26 Å². The van der Waals surface area contributed by atoms with Crippen LogP contribution in [0.25, 0.3) is 0 Å². The lowest BCUT2D eigenvalue weighted by Crippen LogP contribution is -2.20. The summed E-state index contributed by atoms with van der Waals surface area (Å²) < 4.78 is 38.7. The summed E-state index contributed by atoms with van der Waals surface area (Å²) >= 11 is 2.62. The number of nitrogens with zero attached hydrogens (tertiary/aromatic N) is 1. The first-order valence-corrected chi connectivity index (χ1v) is 4.21. The number of aromatic nitrogens is 1. The van der Waals surface area contributed by atoms with Crippen molar-refractivity contribution in [1.82, 2.24) is 4.98 Å². The van der Waals surface area contributed by atoms with E-state index in [1.165, 1.54) is 6.07 Å². The van der Waals surface area contributed by atoms with E-state index in [0.29, 0.717) is 0 Å². The Morgan fingerprint density at radius 3 is 2.60 bits per heavy atom. The Labute approximate surface area is 89.4 Å². The second kappa shape index (κ2) is 3.94. The molecule has 0 spiro atoms. The molecular formula is C7H2BrF3N2O2. The molecule has 4 nitrogen and oxygen atoms in total. The van der Waals surface area contributed by atoms with Crippen molar-refractivity contribution in [1.29, 1.82) is 5.26 Å². The van der Waals surface area contributed by atoms with Crippen molar-refractivity contribution in [3.05, 3.63) is 26.6 Å². The third-order valence-electron chi connectivity index (χ3n) is 1.29. The Bertz CT molecular complexity index is 475. The van der Waals surface area contributed by atoms with Crippen molar-refractivity contribution in [2.45, 2.75) is 6.36 Å². The number of hydrogen-bond acceptors (Lipinski definition) is 3. The summed E-state index contributed by atoms with van der Waals surface area (Å²) in [6, 6.07) is 2.27. The standard InChI is InChI=1S/C7H2BrF3N2O2/c8-5-4(15-7(9,10)11)1-3(2-12)13-6(5)14/h1H,(H,13,14). The van der Waals surface area contributed by atoms with Gasteiger partial charge in [0.15, 0.2) is 5.75 Å². The topological polar surface area (TPSA) is 65.9 Å². The lowest BCUT2D eigenvalue weighted by Gasteiger charge is -2.09. The molecule has 0 aromatic carbocycles. The Hall–Kier alpha value is -1.49. The minimum absolute atomic E-state index is 0.317. The molecule has 0 saturated heterocycles. The normalized spacial score (nSPS) is 10.9. The smallest absolute Gasteiger partial charge is 0.404 e. The van der Waals surface area contributed by atoms with Crippen LogP contribution in [0.1, 0.15) is 5.69 Å². The molecule has 0 radical (unpaired) electrons. The fourth-order valence-corrected chi connectivity index (χ4v) is 1.07. The number of halogens is 4. The predicted octanol–water partition coefficient (Wildman–Crippen LogP) is 1.91. The summed E-state index contributed by atoms with van der Waals surface area (Å²) in [6.45, 7) is 0. The summed E-state index contributed by atoms with van der Waals surface area (Å²) in [5, 5.41) is 8.40. The quantitative estimate of drug-likeness (QED) is 0.856. The molecule has 80 valence electrons. The molecule has 0 saturated carbocycles. The van der Waals surface area contributed by atoms with Gasteiger partial charge >= 0.3 is 6.36 Å². The molecule has 15 heavy (non-hydrogen) atoms. The number of rotatable bonds is 1. The highest BCUT2D eigenvalue weighted by molar-refractivity contribution is 9.10. The van der Waals surface area contributed by atoms with Crippen molar-refractivity contribution in [2.24, 2.45) is 0 Å². The number of alkyl halides is 3. The maximum atomic E-state index is 11.9. The van der Waals surface area contributed by atoms with Crippen LogP contribution in [0.2, 0.25) is 0 Å². The van der Waals surface area contributed by atoms with E-state index in [1.807, 2.05) is 4.98 Å². The van der Waals surface area contributed by atoms with E-state index in [4.69, 9.17) is 5.26 Å². The van der Waals surface area contributed by atoms with Gasteiger partial charge in [0.2, 0.25) is 0 Å². The van der Waals surface area contributed by atoms with E-state index >= 15 is 0 Å². The van der Waals surface area contributed by atoms with Crippen LogP contribution in [-0.4, -0.2) is 11.3 Å². The molecule has 1 heterocycles. The van der Waals surface area contributed by atoms with Gasteiger partial charge in [0, 0.05) is 6.07 Å². The summed E-state index contributed by atoms with van der Waals surface area (Å²) in [4.78, 5) is 13.0. The van der Waals surface area contributed by atoms with Crippen LogP contribution in [-0.2, 0) is 0 Å². The Morgan fingerprint density at radius 1 is 1.53 bits per heavy atom. The third-order valence-corrected chi connectivity index (χ3v) is 2.04. The lowest BCUT2D eigenvalue weighted by atomic mass is 10.3. The van der Waals surface area contributed by atoms with Crippen LogP contribution in [0.3, 0.4) is 0 Å². The molecule has 0 aliphatic rings. The van der Waals surface area contributed by atoms with Crippen LogP contribution in [0.15, 0.2) is 15.3 Å². The number of hydrogen-bond donors (Lipinski definition) is 1. The van der Waals surface area contributed by atoms with Crippen LogP contribution in [0, 0.1) is 11.3 Å². The second-order valence-corrected chi connectivity index (χ2v) is 3.14. The number of pyridine rings is 1. The van der Waals surface area contributed by atoms with Gasteiger partial charge in [-0.3, -0.25) is 4.79 Å². The third kappa shape index (κ3) is 2.99. The highest BCUT2D eigenvalue weighted by Gasteiger charge is 2.32. The maximum absolute atomic E-state index is 11.9. The minimum Gasteiger partial charge on any atom is -0.404 e. The van der Waals surface area contributed by atoms with Gasteiger partial charge in [-0.25, -0.2) is 0 Å². The highest BCUT2D eigenvalue weighted by atomic mass is 79.9. The van der Waals surface area contributed by atoms with Crippen LogP contribution < -0.4 is 10.3 Å². The first kappa shape index (κ1) is 11.6. The fourth-order valence-electron chi connectivity index (χ4n) is 0.779. The second-order valence-electron chi connectivity index (χ2n) is 2.35. The Morgan fingerprint density at radius 2 is 2.13 bits per heavy atom. The van der Waals surface area contributed by atoms with Gasteiger partial charge in [0.25, 0.3) is 5.56 Å². The number of H-pyrrole nitrogens is 1. The van der Waals surface area contributed by atoms with Gasteiger partial charge in [0.05, 0.1) is 0 Å². The molecule has 0 fully saturated rings. The minimum atomic E-state index is -4.91. The SMILES string of the molecule is N#Cc1cc(OC(F)(F)F)c(Br)c(=O)[nH]1. The maximum Gasteiger partial charge on any atom is 0.573 e. The van der Waals surface area contributed by atoms with Gasteiger partial charge < -0.3 is 9.72 Å². The summed E-state index contributed by atoms with van der Waals surface area (Å²) in [7, 11) is 0. The molecular weight excluding hydrogens is 281 g/mol. The summed E-state index contributed by atoms with van der Waals surface area (Å²) in [5.41, 5.74) is -1.18. The summed E-state index contributed by atoms with van der Waals surface area (Å²) in [5.74, 6) is -0.747. The summed E-state index contributed by atoms with van der Waals surface area (Å²) in [6.07, 6.45) is -4.91. The van der Waals surface area contributed by atoms with Gasteiger partial charge in [-0.15, -0.1) is 13.2 Å². The number of nitriles is 1. The molecule has 0 aliphatic carbocycles. The molecule has 0 bridgehead atoms. The van der Waals surface area contributed by atoms with E-state index in [9.17, 15) is 18.0 Å². The van der Waals surface area contributed by atoms with Crippen molar-refractivity contribution >= 4 is 15.9 Å². The average molecular weight is 283 g/mol. The molecule has 1 N–H and O–H groups in total. The van der Waals surface area contributed by atoms with E-state index in [1.54, 1.807) is 0 Å². The van der Waals surface area contributed by atoms with Crippen LogP contribution in [0.4, 0.5) is 13.2 Å². The molecule has 1 aromatic heterocycles. The molecule has 0 atom stereocenters. The number of nitrogens with one attached hydrogen (secondary N) is 1. The zero-order valence-electron chi connectivity index (χ0n) is 6.85. The molecule has 1 aromatic rings. The van der Waals surface area contributed by atoms with Crippen LogP contribution >= 0.6 is 15.9 Å². The average Bonchev–Trinajstić information content (AvgIpc) is 2.10. The van der Waals surface area contributed by atoms with E-state index in [-0.39, 0.29) is 5.69 Å². The van der Waals surface area contributed by atoms with Crippen molar-refractivity contribution in [3.63, 3.8) is 0 Å². The first-order valence-electron chi connectivity index (χ1n) is 3.42. The largest absolute Gasteiger partial charge is 0.573 e. The molecule has 1 rings (SSSR count). The van der Waals surface area contributed by atoms with E-state index in [2.05, 4.69) is 20.7 Å². The number of aromatic amines is 1. The van der Waals surface area contributed by atoms with Gasteiger partial charge in [-0.1, -0.05) is 0 Å². The first-order chi connectivity index (χ1) is 6.83. The van der Waals surface area contributed by atoms with Gasteiger partial charge in [0.1, 0.15) is 16.2 Å². The van der Waals surface area contributed by atoms with E-state index in [0.717, 1.165) is 6.07 Å². The molecule has 0 aliphatic heterocycles. The lowest BCUT2D eigenvalue weighted by molar-refractivity contribution is -0.275. The molecule has 0 amide bonds. The Kier molecular flexibility index (Phi) is 3.04. The monoisotopic (exact) mass is 282 g/mol. The molecule has 8 heteroatoms. The Balaban J connectivity index is 3.24. The van der Waals surface area contributed by atoms with E-state index < -0.39 is 22.1 Å². The fraction of sp³-hybridized carbons (Fsp3) is 0.143. The van der Waals surface area contributed by atoms with Crippen LogP contribution in [0.5, 0.6) is 5.75 Å². The number of ether oxygens (including phenoxy) is 1. The zero-order valence-corrected chi connectivity index (χ0v) is 8.44. The van der Waals surface area contributed by atoms with Gasteiger partial charge in [-0.05, 0) is 15.9 Å². The predicted molar refractivity (Wildman–Crippen MR) is 46.2 cm³/mol. The van der Waals surface area contributed by atoms with Crippen molar-refractivity contribution in [2.75, 3.05) is 0 Å². The van der Waals surface area contributed by atoms with Crippen molar-refractivity contribution < 1.29 is 17.9 Å².